The highest BCUT2D eigenvalue weighted by Gasteiger charge is 2.25. The molecule has 0 aliphatic carbocycles. The topological polar surface area (TPSA) is 110 Å². The number of rotatable bonds is 5. The van der Waals surface area contributed by atoms with E-state index in [1.165, 1.54) is 0 Å². The molecule has 3 rings (SSSR count). The van der Waals surface area contributed by atoms with E-state index in [0.29, 0.717) is 16.7 Å². The molecule has 3 aromatic rings. The molecule has 0 saturated heterocycles. The van der Waals surface area contributed by atoms with Crippen LogP contribution < -0.4 is 10.9 Å². The van der Waals surface area contributed by atoms with Gasteiger partial charge in [0.1, 0.15) is 23.0 Å². The lowest BCUT2D eigenvalue weighted by molar-refractivity contribution is -0.143. The number of benzene rings is 1. The highest BCUT2D eigenvalue weighted by atomic mass is 16.4. The first-order valence-electron chi connectivity index (χ1n) is 9.08. The number of amides is 1. The van der Waals surface area contributed by atoms with Gasteiger partial charge < -0.3 is 19.3 Å². The van der Waals surface area contributed by atoms with Crippen molar-refractivity contribution in [2.45, 2.75) is 47.1 Å². The summed E-state index contributed by atoms with van der Waals surface area (Å²) in [6, 6.07) is 2.56. The van der Waals surface area contributed by atoms with Crippen LogP contribution in [0.25, 0.3) is 21.9 Å². The molecule has 0 unspecified atom stereocenters. The molecule has 0 spiro atoms. The number of hydrogen-bond donors (Lipinski definition) is 2. The van der Waals surface area contributed by atoms with Crippen LogP contribution in [-0.2, 0) is 16.0 Å². The summed E-state index contributed by atoms with van der Waals surface area (Å²) in [6.07, 6.45) is -0.248. The maximum atomic E-state index is 12.5. The Morgan fingerprint density at radius 2 is 1.64 bits per heavy atom. The van der Waals surface area contributed by atoms with Crippen LogP contribution in [0.5, 0.6) is 0 Å². The molecular weight excluding hydrogens is 362 g/mol. The van der Waals surface area contributed by atoms with Gasteiger partial charge >= 0.3 is 11.6 Å². The monoisotopic (exact) mass is 385 g/mol. The summed E-state index contributed by atoms with van der Waals surface area (Å²) in [5.74, 6) is -1.14. The van der Waals surface area contributed by atoms with Crippen LogP contribution in [0.15, 0.2) is 25.8 Å². The van der Waals surface area contributed by atoms with E-state index < -0.39 is 23.5 Å². The highest BCUT2D eigenvalue weighted by Crippen LogP contribution is 2.31. The summed E-state index contributed by atoms with van der Waals surface area (Å²) in [5, 5.41) is 13.3. The fourth-order valence-electron chi connectivity index (χ4n) is 3.33. The predicted octanol–water partition coefficient (Wildman–Crippen LogP) is 3.23. The number of carboxylic acid groups (broad SMARTS) is 1. The van der Waals surface area contributed by atoms with Gasteiger partial charge in [-0.2, -0.15) is 0 Å². The summed E-state index contributed by atoms with van der Waals surface area (Å²) in [5.41, 5.74) is 2.27. The number of carboxylic acids is 1. The van der Waals surface area contributed by atoms with E-state index in [1.807, 2.05) is 19.9 Å². The molecule has 0 aliphatic heterocycles. The van der Waals surface area contributed by atoms with E-state index >= 15 is 0 Å². The fourth-order valence-corrected chi connectivity index (χ4v) is 3.33. The lowest BCUT2D eigenvalue weighted by Crippen LogP contribution is -2.45. The zero-order chi connectivity index (χ0) is 20.7. The molecule has 7 nitrogen and oxygen atoms in total. The molecule has 2 N–H and O–H groups in total. The van der Waals surface area contributed by atoms with E-state index in [2.05, 4.69) is 5.32 Å². The normalized spacial score (nSPS) is 12.6. The highest BCUT2D eigenvalue weighted by molar-refractivity contribution is 5.97. The van der Waals surface area contributed by atoms with Crippen LogP contribution in [0.4, 0.5) is 0 Å². The quantitative estimate of drug-likeness (QED) is 0.653. The minimum absolute atomic E-state index is 0.218. The Balaban J connectivity index is 2.02. The van der Waals surface area contributed by atoms with Gasteiger partial charge in [-0.15, -0.1) is 0 Å². The number of furan rings is 1. The second-order valence-electron chi connectivity index (χ2n) is 7.43. The second kappa shape index (κ2) is 7.14. The molecule has 1 amide bonds. The number of nitrogens with one attached hydrogen (secondary N) is 1. The number of hydrogen-bond acceptors (Lipinski definition) is 5. The molecule has 0 saturated carbocycles. The lowest BCUT2D eigenvalue weighted by Gasteiger charge is -2.18. The zero-order valence-corrected chi connectivity index (χ0v) is 16.5. The van der Waals surface area contributed by atoms with Crippen molar-refractivity contribution in [2.24, 2.45) is 5.92 Å². The summed E-state index contributed by atoms with van der Waals surface area (Å²) < 4.78 is 11.1. The molecule has 0 fully saturated rings. The molecular formula is C21H23NO6. The fraction of sp³-hybridized carbons (Fsp3) is 0.381. The maximum Gasteiger partial charge on any atom is 0.340 e. The molecule has 2 heterocycles. The number of aliphatic carboxylic acids is 1. The van der Waals surface area contributed by atoms with Gasteiger partial charge in [-0.3, -0.25) is 4.79 Å². The van der Waals surface area contributed by atoms with Crippen molar-refractivity contribution in [1.29, 1.82) is 0 Å². The summed E-state index contributed by atoms with van der Waals surface area (Å²) >= 11 is 0. The first kappa shape index (κ1) is 19.7. The van der Waals surface area contributed by atoms with Gasteiger partial charge in [-0.1, -0.05) is 13.8 Å². The van der Waals surface area contributed by atoms with E-state index in [0.717, 1.165) is 22.1 Å². The molecule has 0 bridgehead atoms. The van der Waals surface area contributed by atoms with Crippen LogP contribution in [0.1, 0.15) is 36.3 Å². The molecule has 1 aromatic carbocycles. The van der Waals surface area contributed by atoms with Crippen molar-refractivity contribution in [3.05, 3.63) is 45.0 Å². The lowest BCUT2D eigenvalue weighted by atomic mass is 10.0. The third-order valence-corrected chi connectivity index (χ3v) is 5.17. The van der Waals surface area contributed by atoms with Crippen LogP contribution in [0, 0.1) is 26.7 Å². The van der Waals surface area contributed by atoms with E-state index in [-0.39, 0.29) is 17.9 Å². The molecule has 28 heavy (non-hydrogen) atoms. The molecule has 7 heteroatoms. The van der Waals surface area contributed by atoms with Crippen molar-refractivity contribution in [3.8, 4) is 0 Å². The molecule has 1 atom stereocenters. The van der Waals surface area contributed by atoms with Crippen LogP contribution in [0.3, 0.4) is 0 Å². The predicted molar refractivity (Wildman–Crippen MR) is 105 cm³/mol. The van der Waals surface area contributed by atoms with Gasteiger partial charge in [-0.05, 0) is 43.9 Å². The minimum Gasteiger partial charge on any atom is -0.480 e. The van der Waals surface area contributed by atoms with Crippen molar-refractivity contribution in [1.82, 2.24) is 5.32 Å². The molecule has 148 valence electrons. The van der Waals surface area contributed by atoms with Crippen LogP contribution in [-0.4, -0.2) is 23.0 Å². The number of aryl methyl sites for hydroxylation is 3. The second-order valence-corrected chi connectivity index (χ2v) is 7.43. The Morgan fingerprint density at radius 1 is 1.04 bits per heavy atom. The zero-order valence-electron chi connectivity index (χ0n) is 16.5. The summed E-state index contributed by atoms with van der Waals surface area (Å²) in [6.45, 7) is 8.98. The Labute approximate surface area is 161 Å². The van der Waals surface area contributed by atoms with Gasteiger partial charge in [0.25, 0.3) is 0 Å². The smallest absolute Gasteiger partial charge is 0.340 e. The van der Waals surface area contributed by atoms with Gasteiger partial charge in [0, 0.05) is 16.8 Å². The van der Waals surface area contributed by atoms with Crippen molar-refractivity contribution in [2.75, 3.05) is 0 Å². The van der Waals surface area contributed by atoms with E-state index in [4.69, 9.17) is 8.83 Å². The molecule has 0 radical (unpaired) electrons. The average Bonchev–Trinajstić information content (AvgIpc) is 2.88. The molecule has 0 aliphatic rings. The first-order valence-corrected chi connectivity index (χ1v) is 9.08. The van der Waals surface area contributed by atoms with E-state index in [9.17, 15) is 19.5 Å². The Bertz CT molecular complexity index is 1150. The Morgan fingerprint density at radius 3 is 2.25 bits per heavy atom. The summed E-state index contributed by atoms with van der Waals surface area (Å²) in [7, 11) is 0. The largest absolute Gasteiger partial charge is 0.480 e. The van der Waals surface area contributed by atoms with E-state index in [1.54, 1.807) is 26.8 Å². The number of carbonyl (C=O) groups is 2. The average molecular weight is 385 g/mol. The number of fused-ring (bicyclic) bond motifs is 2. The van der Waals surface area contributed by atoms with Crippen molar-refractivity contribution >= 4 is 33.8 Å². The number of carbonyl (C=O) groups excluding carboxylic acids is 1. The van der Waals surface area contributed by atoms with Gasteiger partial charge in [0.05, 0.1) is 12.0 Å². The van der Waals surface area contributed by atoms with Crippen LogP contribution >= 0.6 is 0 Å². The Kier molecular flexibility index (Phi) is 5.02. The standard InChI is InChI=1S/C21H23NO6/c1-9(2)19(20(24)25)22-18(23)7-15-11(4)14-6-13-10(3)12(5)27-16(13)8-17(14)28-21(15)26/h6,8-9,19H,7H2,1-5H3,(H,22,23)(H,24,25)/t19-/m1/s1. The first-order chi connectivity index (χ1) is 13.1. The SMILES string of the molecule is Cc1oc2cc3oc(=O)c(CC(=O)N[C@@H](C(=O)O)C(C)C)c(C)c3cc2c1C. The third-order valence-electron chi connectivity index (χ3n) is 5.17. The van der Waals surface area contributed by atoms with Gasteiger partial charge in [-0.25, -0.2) is 9.59 Å². The summed E-state index contributed by atoms with van der Waals surface area (Å²) in [4.78, 5) is 36.1. The van der Waals surface area contributed by atoms with Crippen LogP contribution in [0.2, 0.25) is 0 Å². The third kappa shape index (κ3) is 3.40. The van der Waals surface area contributed by atoms with Crippen molar-refractivity contribution in [3.63, 3.8) is 0 Å². The van der Waals surface area contributed by atoms with Gasteiger partial charge in [0.2, 0.25) is 5.91 Å². The minimum atomic E-state index is -1.11. The maximum absolute atomic E-state index is 12.5. The molecule has 2 aromatic heterocycles. The van der Waals surface area contributed by atoms with Crippen molar-refractivity contribution < 1.29 is 23.5 Å². The Hall–Kier alpha value is -3.09. The van der Waals surface area contributed by atoms with Gasteiger partial charge in [0.15, 0.2) is 0 Å².